The number of anilines is 1. The molecule has 0 aromatic carbocycles. The molecule has 2 rings (SSSR count). The van der Waals surface area contributed by atoms with Crippen molar-refractivity contribution in [2.24, 2.45) is 0 Å². The third-order valence-corrected chi connectivity index (χ3v) is 3.06. The number of likely N-dealkylation sites (tertiary alicyclic amines) is 1. The quantitative estimate of drug-likeness (QED) is 0.792. The van der Waals surface area contributed by atoms with Crippen LogP contribution in [0.25, 0.3) is 0 Å². The molecule has 1 aliphatic rings. The van der Waals surface area contributed by atoms with E-state index in [-0.39, 0.29) is 5.91 Å². The first-order valence-electron chi connectivity index (χ1n) is 5.67. The predicted molar refractivity (Wildman–Crippen MR) is 64.9 cm³/mol. The van der Waals surface area contributed by atoms with Crippen molar-refractivity contribution in [2.75, 3.05) is 25.5 Å². The van der Waals surface area contributed by atoms with Crippen LogP contribution in [-0.4, -0.2) is 46.6 Å². The molecule has 5 nitrogen and oxygen atoms in total. The molecular weight excluding hydrogens is 218 g/mol. The van der Waals surface area contributed by atoms with Gasteiger partial charge in [-0.2, -0.15) is 0 Å². The SMILES string of the molecule is CNc1cnccc1C(=O)N1CCC(C)(O)C1. The zero-order chi connectivity index (χ0) is 12.5. The summed E-state index contributed by atoms with van der Waals surface area (Å²) in [6, 6.07) is 1.70. The van der Waals surface area contributed by atoms with E-state index in [4.69, 9.17) is 0 Å². The Hall–Kier alpha value is -1.62. The number of amides is 1. The number of carbonyl (C=O) groups excluding carboxylic acids is 1. The molecule has 1 saturated heterocycles. The minimum absolute atomic E-state index is 0.0606. The highest BCUT2D eigenvalue weighted by Gasteiger charge is 2.34. The molecule has 2 heterocycles. The minimum atomic E-state index is -0.761. The van der Waals surface area contributed by atoms with Crippen LogP contribution in [0.1, 0.15) is 23.7 Å². The number of hydrogen-bond acceptors (Lipinski definition) is 4. The summed E-state index contributed by atoms with van der Waals surface area (Å²) in [6.07, 6.45) is 3.85. The second kappa shape index (κ2) is 4.33. The van der Waals surface area contributed by atoms with Gasteiger partial charge in [-0.05, 0) is 19.4 Å². The van der Waals surface area contributed by atoms with Gasteiger partial charge >= 0.3 is 0 Å². The van der Waals surface area contributed by atoms with Gasteiger partial charge in [0.25, 0.3) is 5.91 Å². The lowest BCUT2D eigenvalue weighted by atomic mass is 10.1. The van der Waals surface area contributed by atoms with Crippen LogP contribution in [0.2, 0.25) is 0 Å². The molecule has 1 atom stereocenters. The van der Waals surface area contributed by atoms with Crippen LogP contribution in [-0.2, 0) is 0 Å². The first-order chi connectivity index (χ1) is 8.03. The van der Waals surface area contributed by atoms with E-state index in [2.05, 4.69) is 10.3 Å². The number of aromatic nitrogens is 1. The lowest BCUT2D eigenvalue weighted by Crippen LogP contribution is -2.34. The normalized spacial score (nSPS) is 23.8. The summed E-state index contributed by atoms with van der Waals surface area (Å²) in [4.78, 5) is 17.9. The van der Waals surface area contributed by atoms with E-state index in [0.29, 0.717) is 30.8 Å². The van der Waals surface area contributed by atoms with E-state index in [0.717, 1.165) is 0 Å². The molecule has 0 bridgehead atoms. The maximum absolute atomic E-state index is 12.3. The number of rotatable bonds is 2. The summed E-state index contributed by atoms with van der Waals surface area (Å²) in [5.74, 6) is -0.0606. The highest BCUT2D eigenvalue weighted by Crippen LogP contribution is 2.24. The van der Waals surface area contributed by atoms with Crippen LogP contribution in [0.5, 0.6) is 0 Å². The van der Waals surface area contributed by atoms with Crippen molar-refractivity contribution in [3.63, 3.8) is 0 Å². The number of hydrogen-bond donors (Lipinski definition) is 2. The molecule has 1 amide bonds. The van der Waals surface area contributed by atoms with Crippen LogP contribution < -0.4 is 5.32 Å². The smallest absolute Gasteiger partial charge is 0.256 e. The standard InChI is InChI=1S/C12H17N3O2/c1-12(17)4-6-15(8-12)11(16)9-3-5-14-7-10(9)13-2/h3,5,7,13,17H,4,6,8H2,1-2H3. The van der Waals surface area contributed by atoms with Crippen LogP contribution in [0, 0.1) is 0 Å². The Kier molecular flexibility index (Phi) is 3.02. The molecule has 5 heteroatoms. The van der Waals surface area contributed by atoms with Crippen LogP contribution in [0.4, 0.5) is 5.69 Å². The average molecular weight is 235 g/mol. The Morgan fingerprint density at radius 1 is 1.65 bits per heavy atom. The second-order valence-corrected chi connectivity index (χ2v) is 4.64. The van der Waals surface area contributed by atoms with Crippen molar-refractivity contribution < 1.29 is 9.90 Å². The highest BCUT2D eigenvalue weighted by molar-refractivity contribution is 5.99. The van der Waals surface area contributed by atoms with E-state index >= 15 is 0 Å². The summed E-state index contributed by atoms with van der Waals surface area (Å²) >= 11 is 0. The largest absolute Gasteiger partial charge is 0.388 e. The zero-order valence-corrected chi connectivity index (χ0v) is 10.1. The van der Waals surface area contributed by atoms with Gasteiger partial charge in [-0.15, -0.1) is 0 Å². The van der Waals surface area contributed by atoms with Gasteiger partial charge in [0.1, 0.15) is 0 Å². The van der Waals surface area contributed by atoms with Crippen molar-refractivity contribution >= 4 is 11.6 Å². The molecular formula is C12H17N3O2. The molecule has 17 heavy (non-hydrogen) atoms. The number of aliphatic hydroxyl groups is 1. The number of β-amino-alcohol motifs (C(OH)–C–C–N with tert-alkyl or cyclic N) is 1. The van der Waals surface area contributed by atoms with E-state index in [1.807, 2.05) is 0 Å². The maximum atomic E-state index is 12.3. The molecule has 0 radical (unpaired) electrons. The second-order valence-electron chi connectivity index (χ2n) is 4.64. The Morgan fingerprint density at radius 2 is 2.41 bits per heavy atom. The summed E-state index contributed by atoms with van der Waals surface area (Å²) in [5, 5.41) is 12.8. The van der Waals surface area contributed by atoms with Crippen LogP contribution >= 0.6 is 0 Å². The number of pyridine rings is 1. The lowest BCUT2D eigenvalue weighted by Gasteiger charge is -2.20. The Bertz CT molecular complexity index is 432. The maximum Gasteiger partial charge on any atom is 0.256 e. The van der Waals surface area contributed by atoms with E-state index in [1.165, 1.54) is 0 Å². The summed E-state index contributed by atoms with van der Waals surface area (Å²) in [5.41, 5.74) is 0.548. The van der Waals surface area contributed by atoms with Gasteiger partial charge in [-0.25, -0.2) is 0 Å². The molecule has 2 N–H and O–H groups in total. The number of nitrogens with zero attached hydrogens (tertiary/aromatic N) is 2. The van der Waals surface area contributed by atoms with E-state index in [1.54, 1.807) is 37.3 Å². The first-order valence-corrected chi connectivity index (χ1v) is 5.67. The average Bonchev–Trinajstić information content (AvgIpc) is 2.68. The van der Waals surface area contributed by atoms with Crippen molar-refractivity contribution in [3.8, 4) is 0 Å². The van der Waals surface area contributed by atoms with Crippen LogP contribution in [0.15, 0.2) is 18.5 Å². The predicted octanol–water partition coefficient (Wildman–Crippen LogP) is 0.720. The fourth-order valence-electron chi connectivity index (χ4n) is 2.07. The molecule has 0 saturated carbocycles. The van der Waals surface area contributed by atoms with Crippen molar-refractivity contribution in [3.05, 3.63) is 24.0 Å². The van der Waals surface area contributed by atoms with E-state index in [9.17, 15) is 9.90 Å². The van der Waals surface area contributed by atoms with Crippen molar-refractivity contribution in [1.82, 2.24) is 9.88 Å². The minimum Gasteiger partial charge on any atom is -0.388 e. The van der Waals surface area contributed by atoms with Crippen molar-refractivity contribution in [2.45, 2.75) is 18.9 Å². The molecule has 1 aromatic heterocycles. The van der Waals surface area contributed by atoms with Crippen LogP contribution in [0.3, 0.4) is 0 Å². The topological polar surface area (TPSA) is 65.5 Å². The monoisotopic (exact) mass is 235 g/mol. The third kappa shape index (κ3) is 2.39. The fraction of sp³-hybridized carbons (Fsp3) is 0.500. The first kappa shape index (κ1) is 11.9. The van der Waals surface area contributed by atoms with Crippen molar-refractivity contribution in [1.29, 1.82) is 0 Å². The Balaban J connectivity index is 2.20. The van der Waals surface area contributed by atoms with Gasteiger partial charge in [0.15, 0.2) is 0 Å². The molecule has 1 unspecified atom stereocenters. The molecule has 0 spiro atoms. The summed E-state index contributed by atoms with van der Waals surface area (Å²) in [7, 11) is 1.76. The van der Waals surface area contributed by atoms with Gasteiger partial charge in [0, 0.05) is 26.3 Å². The number of nitrogens with one attached hydrogen (secondary N) is 1. The summed E-state index contributed by atoms with van der Waals surface area (Å²) < 4.78 is 0. The molecule has 92 valence electrons. The number of carbonyl (C=O) groups is 1. The molecule has 0 aliphatic carbocycles. The Labute approximate surface area is 100 Å². The van der Waals surface area contributed by atoms with Gasteiger partial charge < -0.3 is 15.3 Å². The van der Waals surface area contributed by atoms with E-state index < -0.39 is 5.60 Å². The zero-order valence-electron chi connectivity index (χ0n) is 10.1. The molecule has 1 aliphatic heterocycles. The summed E-state index contributed by atoms with van der Waals surface area (Å²) in [6.45, 7) is 2.74. The highest BCUT2D eigenvalue weighted by atomic mass is 16.3. The fourth-order valence-corrected chi connectivity index (χ4v) is 2.07. The third-order valence-electron chi connectivity index (χ3n) is 3.06. The van der Waals surface area contributed by atoms with Gasteiger partial charge in [0.05, 0.1) is 23.0 Å². The lowest BCUT2D eigenvalue weighted by molar-refractivity contribution is 0.0572. The molecule has 1 fully saturated rings. The van der Waals surface area contributed by atoms with Gasteiger partial charge in [0.2, 0.25) is 0 Å². The molecule has 1 aromatic rings. The van der Waals surface area contributed by atoms with Gasteiger partial charge in [-0.3, -0.25) is 9.78 Å². The Morgan fingerprint density at radius 3 is 3.00 bits per heavy atom. The van der Waals surface area contributed by atoms with Gasteiger partial charge in [-0.1, -0.05) is 0 Å².